The molecule has 0 aliphatic rings. The van der Waals surface area contributed by atoms with Crippen molar-refractivity contribution in [2.24, 2.45) is 5.10 Å². The van der Waals surface area contributed by atoms with Gasteiger partial charge in [0.2, 0.25) is 0 Å². The summed E-state index contributed by atoms with van der Waals surface area (Å²) in [6, 6.07) is 21.1. The van der Waals surface area contributed by atoms with Crippen molar-refractivity contribution >= 4 is 50.9 Å². The zero-order valence-corrected chi connectivity index (χ0v) is 17.9. The van der Waals surface area contributed by atoms with Crippen LogP contribution in [0.15, 0.2) is 82.6 Å². The Morgan fingerprint density at radius 3 is 2.55 bits per heavy atom. The van der Waals surface area contributed by atoms with Crippen molar-refractivity contribution in [3.8, 4) is 11.3 Å². The Morgan fingerprint density at radius 1 is 0.903 bits per heavy atom. The molecule has 0 atom stereocenters. The summed E-state index contributed by atoms with van der Waals surface area (Å²) in [6.45, 7) is 2.04. The third-order valence-electron chi connectivity index (χ3n) is 4.93. The van der Waals surface area contributed by atoms with Crippen LogP contribution < -0.4 is 10.8 Å². The lowest BCUT2D eigenvalue weighted by Gasteiger charge is -2.08. The van der Waals surface area contributed by atoms with E-state index in [-0.39, 0.29) is 0 Å². The van der Waals surface area contributed by atoms with Crippen LogP contribution in [-0.4, -0.2) is 9.97 Å². The predicted octanol–water partition coefficient (Wildman–Crippen LogP) is 6.59. The molecule has 0 unspecified atom stereocenters. The highest BCUT2D eigenvalue weighted by Crippen LogP contribution is 2.30. The topological polar surface area (TPSA) is 63.3 Å². The van der Waals surface area contributed by atoms with Crippen LogP contribution in [0.25, 0.3) is 33.2 Å². The van der Waals surface area contributed by atoms with Gasteiger partial charge < -0.3 is 4.42 Å². The molecular weight excluding hydrogens is 431 g/mol. The highest BCUT2D eigenvalue weighted by atomic mass is 35.5. The number of benzene rings is 3. The predicted molar refractivity (Wildman–Crippen MR) is 125 cm³/mol. The number of nitrogens with one attached hydrogen (secondary N) is 1. The monoisotopic (exact) mass is 446 g/mol. The van der Waals surface area contributed by atoms with Gasteiger partial charge in [0.15, 0.2) is 11.4 Å². The summed E-state index contributed by atoms with van der Waals surface area (Å²) in [7, 11) is 0. The third kappa shape index (κ3) is 3.85. The van der Waals surface area contributed by atoms with E-state index in [9.17, 15) is 0 Å². The molecule has 31 heavy (non-hydrogen) atoms. The fourth-order valence-corrected chi connectivity index (χ4v) is 3.89. The molecule has 0 bridgehead atoms. The van der Waals surface area contributed by atoms with E-state index in [1.165, 1.54) is 6.33 Å². The highest BCUT2D eigenvalue weighted by Gasteiger charge is 2.11. The van der Waals surface area contributed by atoms with E-state index >= 15 is 0 Å². The van der Waals surface area contributed by atoms with Gasteiger partial charge in [-0.1, -0.05) is 65.2 Å². The van der Waals surface area contributed by atoms with Crippen LogP contribution in [0.3, 0.4) is 0 Å². The molecule has 5 aromatic rings. The zero-order chi connectivity index (χ0) is 21.4. The molecule has 0 saturated carbocycles. The minimum Gasteiger partial charge on any atom is -0.454 e. The molecule has 1 N–H and O–H groups in total. The second-order valence-electron chi connectivity index (χ2n) is 7.09. The first-order valence-corrected chi connectivity index (χ1v) is 10.3. The largest absolute Gasteiger partial charge is 0.454 e. The second kappa shape index (κ2) is 8.02. The number of hydrogen-bond donors (Lipinski definition) is 1. The molecule has 2 aromatic heterocycles. The van der Waals surface area contributed by atoms with Gasteiger partial charge in [0.1, 0.15) is 12.1 Å². The first-order chi connectivity index (χ1) is 15.1. The summed E-state index contributed by atoms with van der Waals surface area (Å²) in [5, 5.41) is 7.73. The SMILES string of the molecule is Cc1ccc(-c2cc(=NNc3ncnc4ccccc34)c3cc(Cl)cc(Cl)c3o2)cc1. The van der Waals surface area contributed by atoms with Crippen LogP contribution in [0.2, 0.25) is 10.0 Å². The van der Waals surface area contributed by atoms with Gasteiger partial charge in [0.25, 0.3) is 0 Å². The molecule has 0 radical (unpaired) electrons. The molecule has 0 amide bonds. The Bertz CT molecular complexity index is 1490. The minimum absolute atomic E-state index is 0.417. The Morgan fingerprint density at radius 2 is 1.71 bits per heavy atom. The van der Waals surface area contributed by atoms with Crippen LogP contribution in [0, 0.1) is 6.92 Å². The highest BCUT2D eigenvalue weighted by molar-refractivity contribution is 6.38. The van der Waals surface area contributed by atoms with Crippen LogP contribution in [0.4, 0.5) is 5.82 Å². The van der Waals surface area contributed by atoms with E-state index in [0.717, 1.165) is 22.0 Å². The van der Waals surface area contributed by atoms with Gasteiger partial charge in [-0.25, -0.2) is 9.97 Å². The molecule has 7 heteroatoms. The molecule has 0 saturated heterocycles. The van der Waals surface area contributed by atoms with Gasteiger partial charge in [-0.3, -0.25) is 5.43 Å². The average molecular weight is 447 g/mol. The number of halogens is 2. The van der Waals surface area contributed by atoms with Gasteiger partial charge in [-0.05, 0) is 31.2 Å². The second-order valence-corrected chi connectivity index (χ2v) is 7.93. The summed E-state index contributed by atoms with van der Waals surface area (Å²) < 4.78 is 6.13. The van der Waals surface area contributed by atoms with Gasteiger partial charge in [0, 0.05) is 27.4 Å². The Hall–Kier alpha value is -3.41. The van der Waals surface area contributed by atoms with E-state index < -0.39 is 0 Å². The molecule has 0 fully saturated rings. The van der Waals surface area contributed by atoms with Crippen molar-refractivity contribution in [1.29, 1.82) is 0 Å². The normalized spacial score (nSPS) is 11.9. The number of rotatable bonds is 3. The van der Waals surface area contributed by atoms with E-state index in [1.807, 2.05) is 61.5 Å². The Balaban J connectivity index is 1.71. The number of aromatic nitrogens is 2. The first-order valence-electron chi connectivity index (χ1n) is 9.58. The van der Waals surface area contributed by atoms with E-state index in [2.05, 4.69) is 20.5 Å². The average Bonchev–Trinajstić information content (AvgIpc) is 2.78. The lowest BCUT2D eigenvalue weighted by atomic mass is 10.1. The van der Waals surface area contributed by atoms with Crippen LogP contribution in [0.5, 0.6) is 0 Å². The molecule has 0 aliphatic carbocycles. The zero-order valence-electron chi connectivity index (χ0n) is 16.4. The standard InChI is InChI=1S/C24H16Cl2N4O/c1-14-6-8-15(9-7-14)22-12-21(18-10-16(25)11-19(26)23(18)31-22)29-30-24-17-4-2-3-5-20(17)27-13-28-24/h2-13H,1H3,(H,27,28,30). The number of hydrogen-bond acceptors (Lipinski definition) is 5. The fraction of sp³-hybridized carbons (Fsp3) is 0.0417. The number of aryl methyl sites for hydroxylation is 1. The maximum Gasteiger partial charge on any atom is 0.157 e. The van der Waals surface area contributed by atoms with Crippen molar-refractivity contribution < 1.29 is 4.42 Å². The number of anilines is 1. The van der Waals surface area contributed by atoms with Crippen molar-refractivity contribution in [2.45, 2.75) is 6.92 Å². The van der Waals surface area contributed by atoms with E-state index in [4.69, 9.17) is 27.6 Å². The lowest BCUT2D eigenvalue weighted by Crippen LogP contribution is -2.08. The van der Waals surface area contributed by atoms with E-state index in [1.54, 1.807) is 12.1 Å². The van der Waals surface area contributed by atoms with Crippen molar-refractivity contribution in [2.75, 3.05) is 5.43 Å². The maximum absolute atomic E-state index is 6.45. The molecule has 0 spiro atoms. The molecule has 3 aromatic carbocycles. The molecule has 5 nitrogen and oxygen atoms in total. The molecule has 152 valence electrons. The molecular formula is C24H16Cl2N4O. The number of nitrogens with zero attached hydrogens (tertiary/aromatic N) is 3. The molecule has 5 rings (SSSR count). The van der Waals surface area contributed by atoms with Gasteiger partial charge in [0.05, 0.1) is 15.9 Å². The van der Waals surface area contributed by atoms with Crippen LogP contribution in [0.1, 0.15) is 5.56 Å². The summed E-state index contributed by atoms with van der Waals surface area (Å²) in [6.07, 6.45) is 1.50. The Labute approximate surface area is 188 Å². The summed E-state index contributed by atoms with van der Waals surface area (Å²) in [5.74, 6) is 1.24. The van der Waals surface area contributed by atoms with Gasteiger partial charge in [-0.15, -0.1) is 0 Å². The third-order valence-corrected chi connectivity index (χ3v) is 5.42. The molecule has 0 aliphatic heterocycles. The maximum atomic E-state index is 6.45. The fourth-order valence-electron chi connectivity index (χ4n) is 3.36. The minimum atomic E-state index is 0.417. The van der Waals surface area contributed by atoms with Crippen LogP contribution >= 0.6 is 23.2 Å². The van der Waals surface area contributed by atoms with Crippen molar-refractivity contribution in [3.63, 3.8) is 0 Å². The van der Waals surface area contributed by atoms with E-state index in [0.29, 0.717) is 37.9 Å². The van der Waals surface area contributed by atoms with Crippen LogP contribution in [-0.2, 0) is 0 Å². The van der Waals surface area contributed by atoms with Crippen molar-refractivity contribution in [1.82, 2.24) is 9.97 Å². The quantitative estimate of drug-likeness (QED) is 0.317. The van der Waals surface area contributed by atoms with Crippen molar-refractivity contribution in [3.05, 3.63) is 94.0 Å². The smallest absolute Gasteiger partial charge is 0.157 e. The summed E-state index contributed by atoms with van der Waals surface area (Å²) >= 11 is 12.7. The molecule has 2 heterocycles. The lowest BCUT2D eigenvalue weighted by molar-refractivity contribution is 0.618. The number of para-hydroxylation sites is 1. The van der Waals surface area contributed by atoms with Gasteiger partial charge >= 0.3 is 0 Å². The van der Waals surface area contributed by atoms with Gasteiger partial charge in [-0.2, -0.15) is 5.10 Å². The summed E-state index contributed by atoms with van der Waals surface area (Å²) in [5.41, 5.74) is 6.49. The first kappa shape index (κ1) is 19.5. The number of fused-ring (bicyclic) bond motifs is 2. The Kier molecular flexibility index (Phi) is 5.06. The summed E-state index contributed by atoms with van der Waals surface area (Å²) in [4.78, 5) is 8.62.